The van der Waals surface area contributed by atoms with Crippen molar-refractivity contribution in [3.63, 3.8) is 0 Å². The third-order valence-corrected chi connectivity index (χ3v) is 4.57. The molecule has 0 saturated heterocycles. The summed E-state index contributed by atoms with van der Waals surface area (Å²) in [6.45, 7) is 13.1. The molecule has 6 nitrogen and oxygen atoms in total. The molecule has 0 saturated carbocycles. The quantitative estimate of drug-likeness (QED) is 0.447. The minimum Gasteiger partial charge on any atom is -0.462 e. The second-order valence-electron chi connectivity index (χ2n) is 5.15. The minimum atomic E-state index is -0.439. The van der Waals surface area contributed by atoms with Crippen LogP contribution in [-0.4, -0.2) is 17.6 Å². The molecule has 0 amide bonds. The Morgan fingerprint density at radius 1 is 1.40 bits per heavy atom. The van der Waals surface area contributed by atoms with Gasteiger partial charge in [0.15, 0.2) is 0 Å². The van der Waals surface area contributed by atoms with Crippen molar-refractivity contribution in [3.05, 3.63) is 53.2 Å². The molecule has 0 bridgehead atoms. The lowest BCUT2D eigenvalue weighted by Crippen LogP contribution is -2.04. The summed E-state index contributed by atoms with van der Waals surface area (Å²) in [5, 5.41) is 9.15. The van der Waals surface area contributed by atoms with E-state index in [9.17, 15) is 4.79 Å². The molecule has 0 radical (unpaired) electrons. The molecule has 2 N–H and O–H groups in total. The Bertz CT molecular complexity index is 910. The Labute approximate surface area is 150 Å². The molecule has 130 valence electrons. The Morgan fingerprint density at radius 3 is 2.72 bits per heavy atom. The number of aromatic nitrogens is 1. The van der Waals surface area contributed by atoms with Crippen molar-refractivity contribution in [2.45, 2.75) is 20.8 Å². The van der Waals surface area contributed by atoms with E-state index < -0.39 is 5.97 Å². The average molecular weight is 356 g/mol. The highest BCUT2D eigenvalue weighted by Crippen LogP contribution is 2.39. The second-order valence-corrected chi connectivity index (χ2v) is 6.15. The van der Waals surface area contributed by atoms with Gasteiger partial charge in [-0.25, -0.2) is 9.78 Å². The zero-order chi connectivity index (χ0) is 18.6. The third kappa shape index (κ3) is 3.66. The van der Waals surface area contributed by atoms with Gasteiger partial charge in [-0.3, -0.25) is 0 Å². The Kier molecular flexibility index (Phi) is 5.82. The predicted octanol–water partition coefficient (Wildman–Crippen LogP) is 5.01. The number of aryl methyl sites for hydroxylation is 2. The number of anilines is 1. The second kappa shape index (κ2) is 7.85. The number of fused-ring (bicyclic) bond motifs is 1. The zero-order valence-corrected chi connectivity index (χ0v) is 15.3. The number of nitrogens with two attached hydrogens (primary N) is 1. The maximum atomic E-state index is 12.1. The van der Waals surface area contributed by atoms with Gasteiger partial charge in [0.2, 0.25) is 0 Å². The van der Waals surface area contributed by atoms with Crippen LogP contribution in [-0.2, 0) is 4.74 Å². The van der Waals surface area contributed by atoms with Gasteiger partial charge < -0.3 is 10.5 Å². The van der Waals surface area contributed by atoms with Crippen LogP contribution in [0, 0.1) is 13.8 Å². The van der Waals surface area contributed by atoms with E-state index in [0.717, 1.165) is 5.56 Å². The molecule has 0 fully saturated rings. The van der Waals surface area contributed by atoms with Crippen LogP contribution in [0.1, 0.15) is 27.9 Å². The average Bonchev–Trinajstić information content (AvgIpc) is 2.90. The van der Waals surface area contributed by atoms with Gasteiger partial charge in [-0.05, 0) is 38.5 Å². The predicted molar refractivity (Wildman–Crippen MR) is 102 cm³/mol. The fourth-order valence-electron chi connectivity index (χ4n) is 2.33. The zero-order valence-electron chi connectivity index (χ0n) is 14.5. The first-order valence-corrected chi connectivity index (χ1v) is 8.49. The van der Waals surface area contributed by atoms with Crippen molar-refractivity contribution in [1.29, 1.82) is 0 Å². The van der Waals surface area contributed by atoms with Crippen molar-refractivity contribution in [1.82, 2.24) is 4.98 Å². The Hall–Kier alpha value is -2.80. The van der Waals surface area contributed by atoms with E-state index >= 15 is 0 Å². The molecule has 0 aromatic carbocycles. The van der Waals surface area contributed by atoms with Crippen LogP contribution < -0.4 is 5.73 Å². The maximum Gasteiger partial charge on any atom is 0.350 e. The number of nitrogens with zero attached hydrogens (tertiary/aromatic N) is 3. The van der Waals surface area contributed by atoms with Crippen LogP contribution >= 0.6 is 11.3 Å². The molecule has 2 rings (SSSR count). The van der Waals surface area contributed by atoms with E-state index in [1.165, 1.54) is 11.3 Å². The standard InChI is InChI=1S/C18H20N4O2S/c1-6-9-12(7-2)21-22-15-10(4)13-14(19)16(18(23)24-8-3)25-17(13)20-11(15)5/h6-7,9H,1-2,8,19H2,3-5H3/b12-9+,22-21+. The highest BCUT2D eigenvalue weighted by Gasteiger charge is 2.22. The molecular formula is C18H20N4O2S. The molecular weight excluding hydrogens is 336 g/mol. The first-order valence-electron chi connectivity index (χ1n) is 7.67. The first-order chi connectivity index (χ1) is 11.9. The fraction of sp³-hybridized carbons (Fsp3) is 0.222. The summed E-state index contributed by atoms with van der Waals surface area (Å²) in [6, 6.07) is 0. The van der Waals surface area contributed by atoms with E-state index in [1.54, 1.807) is 25.2 Å². The van der Waals surface area contributed by atoms with Crippen LogP contribution in [0.4, 0.5) is 11.4 Å². The number of azo groups is 1. The number of pyridine rings is 1. The third-order valence-electron chi connectivity index (χ3n) is 3.49. The molecule has 7 heteroatoms. The lowest BCUT2D eigenvalue weighted by Gasteiger charge is -2.06. The van der Waals surface area contributed by atoms with Gasteiger partial charge in [-0.1, -0.05) is 19.2 Å². The van der Waals surface area contributed by atoms with E-state index in [4.69, 9.17) is 10.5 Å². The summed E-state index contributed by atoms with van der Waals surface area (Å²) in [5.41, 5.74) is 9.26. The maximum absolute atomic E-state index is 12.1. The van der Waals surface area contributed by atoms with Crippen molar-refractivity contribution in [2.75, 3.05) is 12.3 Å². The highest BCUT2D eigenvalue weighted by atomic mass is 32.1. The summed E-state index contributed by atoms with van der Waals surface area (Å²) in [7, 11) is 0. The molecule has 0 unspecified atom stereocenters. The van der Waals surface area contributed by atoms with Gasteiger partial charge in [0.05, 0.1) is 23.7 Å². The van der Waals surface area contributed by atoms with E-state index in [0.29, 0.717) is 37.9 Å². The topological polar surface area (TPSA) is 89.9 Å². The minimum absolute atomic E-state index is 0.289. The van der Waals surface area contributed by atoms with Crippen LogP contribution in [0.3, 0.4) is 0 Å². The van der Waals surface area contributed by atoms with Gasteiger partial charge in [-0.2, -0.15) is 5.11 Å². The molecule has 0 aliphatic rings. The van der Waals surface area contributed by atoms with Crippen molar-refractivity contribution in [2.24, 2.45) is 10.2 Å². The van der Waals surface area contributed by atoms with Gasteiger partial charge in [0, 0.05) is 5.39 Å². The molecule has 2 heterocycles. The van der Waals surface area contributed by atoms with Crippen LogP contribution in [0.25, 0.3) is 10.2 Å². The lowest BCUT2D eigenvalue weighted by molar-refractivity contribution is 0.0533. The Morgan fingerprint density at radius 2 is 2.12 bits per heavy atom. The molecule has 0 spiro atoms. The number of allylic oxidation sites excluding steroid dienone is 3. The Balaban J connectivity index is 2.61. The lowest BCUT2D eigenvalue weighted by atomic mass is 10.1. The summed E-state index contributed by atoms with van der Waals surface area (Å²) in [6.07, 6.45) is 4.89. The van der Waals surface area contributed by atoms with Gasteiger partial charge in [0.1, 0.15) is 15.4 Å². The molecule has 0 aliphatic carbocycles. The molecule has 2 aromatic heterocycles. The monoisotopic (exact) mass is 356 g/mol. The fourth-order valence-corrected chi connectivity index (χ4v) is 3.43. The summed E-state index contributed by atoms with van der Waals surface area (Å²) < 4.78 is 5.05. The summed E-state index contributed by atoms with van der Waals surface area (Å²) >= 11 is 1.22. The first kappa shape index (κ1) is 18.5. The number of carbonyl (C=O) groups excluding carboxylic acids is 1. The van der Waals surface area contributed by atoms with Gasteiger partial charge in [0.25, 0.3) is 0 Å². The smallest absolute Gasteiger partial charge is 0.350 e. The normalized spacial score (nSPS) is 11.9. The van der Waals surface area contributed by atoms with Crippen molar-refractivity contribution >= 4 is 38.9 Å². The molecule has 2 aromatic rings. The molecule has 0 atom stereocenters. The number of carbonyl (C=O) groups is 1. The van der Waals surface area contributed by atoms with Gasteiger partial charge >= 0.3 is 5.97 Å². The number of ether oxygens (including phenoxy) is 1. The van der Waals surface area contributed by atoms with Crippen molar-refractivity contribution < 1.29 is 9.53 Å². The number of esters is 1. The number of thiophene rings is 1. The van der Waals surface area contributed by atoms with E-state index in [1.807, 2.05) is 13.8 Å². The number of nitrogen functional groups attached to an aromatic ring is 1. The largest absolute Gasteiger partial charge is 0.462 e. The highest BCUT2D eigenvalue weighted by molar-refractivity contribution is 7.21. The van der Waals surface area contributed by atoms with Crippen LogP contribution in [0.5, 0.6) is 0 Å². The number of hydrogen-bond acceptors (Lipinski definition) is 7. The molecule has 0 aliphatic heterocycles. The SMILES string of the molecule is C=C/C=C(C=C)/N=N/c1c(C)nc2sc(C(=O)OCC)c(N)c2c1C. The summed E-state index contributed by atoms with van der Waals surface area (Å²) in [5.74, 6) is -0.439. The number of hydrogen-bond donors (Lipinski definition) is 1. The number of rotatable bonds is 6. The van der Waals surface area contributed by atoms with E-state index in [2.05, 4.69) is 28.4 Å². The van der Waals surface area contributed by atoms with E-state index in [-0.39, 0.29) is 6.61 Å². The summed E-state index contributed by atoms with van der Waals surface area (Å²) in [4.78, 5) is 17.6. The van der Waals surface area contributed by atoms with Crippen LogP contribution in [0.2, 0.25) is 0 Å². The molecule has 25 heavy (non-hydrogen) atoms. The van der Waals surface area contributed by atoms with Crippen LogP contribution in [0.15, 0.2) is 47.3 Å². The van der Waals surface area contributed by atoms with Gasteiger partial charge in [-0.15, -0.1) is 16.5 Å². The van der Waals surface area contributed by atoms with Crippen molar-refractivity contribution in [3.8, 4) is 0 Å².